The number of carbonyl (C=O) groups is 1. The first kappa shape index (κ1) is 26.4. The van der Waals surface area contributed by atoms with E-state index in [-0.39, 0.29) is 24.0 Å². The zero-order valence-corrected chi connectivity index (χ0v) is 22.3. The molecule has 3 aromatic heterocycles. The fourth-order valence-electron chi connectivity index (χ4n) is 4.19. The maximum Gasteiger partial charge on any atom is 0.333 e. The van der Waals surface area contributed by atoms with Crippen molar-refractivity contribution in [3.8, 4) is 6.07 Å². The van der Waals surface area contributed by atoms with Crippen LogP contribution in [0.3, 0.4) is 0 Å². The highest BCUT2D eigenvalue weighted by atomic mass is 79.9. The first-order valence-electron chi connectivity index (χ1n) is 10.9. The van der Waals surface area contributed by atoms with Gasteiger partial charge in [0.15, 0.2) is 0 Å². The lowest BCUT2D eigenvalue weighted by molar-refractivity contribution is 0.101. The first-order chi connectivity index (χ1) is 17.0. The Morgan fingerprint density at radius 2 is 2.22 bits per heavy atom. The van der Waals surface area contributed by atoms with Crippen molar-refractivity contribution >= 4 is 49.2 Å². The van der Waals surface area contributed by atoms with E-state index in [4.69, 9.17) is 5.14 Å². The highest BCUT2D eigenvalue weighted by Crippen LogP contribution is 2.31. The average Bonchev–Trinajstić information content (AvgIpc) is 3.48. The highest BCUT2D eigenvalue weighted by molar-refractivity contribution is 9.10. The Bertz CT molecular complexity index is 1430. The van der Waals surface area contributed by atoms with E-state index in [0.717, 1.165) is 14.9 Å². The fraction of sp³-hybridized carbons (Fsp3) is 0.364. The molecule has 1 saturated carbocycles. The predicted molar refractivity (Wildman–Crippen MR) is 136 cm³/mol. The number of hydrogen-bond donors (Lipinski definition) is 3. The average molecular weight is 596 g/mol. The summed E-state index contributed by atoms with van der Waals surface area (Å²) in [5, 5.41) is 27.7. The van der Waals surface area contributed by atoms with Gasteiger partial charge in [0.1, 0.15) is 23.9 Å². The molecule has 0 amide bonds. The van der Waals surface area contributed by atoms with Gasteiger partial charge >= 0.3 is 10.3 Å². The van der Waals surface area contributed by atoms with E-state index >= 15 is 0 Å². The number of hydrogen-bond acceptors (Lipinski definition) is 10. The van der Waals surface area contributed by atoms with Crippen LogP contribution in [0.25, 0.3) is 0 Å². The summed E-state index contributed by atoms with van der Waals surface area (Å²) in [4.78, 5) is 23.1. The molecule has 14 heteroatoms. The summed E-state index contributed by atoms with van der Waals surface area (Å²) >= 11 is 4.74. The van der Waals surface area contributed by atoms with Crippen molar-refractivity contribution in [2.75, 3.05) is 11.9 Å². The summed E-state index contributed by atoms with van der Waals surface area (Å²) in [6.45, 7) is 2.14. The van der Waals surface area contributed by atoms with E-state index < -0.39 is 22.3 Å². The molecule has 0 aliphatic heterocycles. The number of aryl methyl sites for hydroxylation is 1. The molecular weight excluding hydrogens is 572 g/mol. The summed E-state index contributed by atoms with van der Waals surface area (Å²) in [6.07, 6.45) is 4.53. The number of anilines is 1. The van der Waals surface area contributed by atoms with E-state index in [9.17, 15) is 23.6 Å². The van der Waals surface area contributed by atoms with Crippen LogP contribution in [0.5, 0.6) is 0 Å². The second-order valence-electron chi connectivity index (χ2n) is 8.51. The molecule has 0 saturated heterocycles. The van der Waals surface area contributed by atoms with E-state index in [2.05, 4.69) is 41.5 Å². The van der Waals surface area contributed by atoms with Gasteiger partial charge in [-0.15, -0.1) is 11.3 Å². The van der Waals surface area contributed by atoms with Gasteiger partial charge in [-0.2, -0.15) is 13.7 Å². The summed E-state index contributed by atoms with van der Waals surface area (Å²) in [5.41, 5.74) is 1.71. The summed E-state index contributed by atoms with van der Waals surface area (Å²) in [6, 6.07) is 5.45. The number of aromatic nitrogens is 3. The number of aliphatic hydroxyl groups excluding tert-OH is 1. The molecule has 190 valence electrons. The summed E-state index contributed by atoms with van der Waals surface area (Å²) in [7, 11) is -4.10. The van der Waals surface area contributed by atoms with Crippen LogP contribution in [-0.4, -0.2) is 52.6 Å². The van der Waals surface area contributed by atoms with Crippen LogP contribution >= 0.6 is 27.3 Å². The van der Waals surface area contributed by atoms with Crippen molar-refractivity contribution in [3.63, 3.8) is 0 Å². The van der Waals surface area contributed by atoms with Crippen LogP contribution in [-0.2, 0) is 21.0 Å². The number of thiophene rings is 1. The molecule has 36 heavy (non-hydrogen) atoms. The maximum atomic E-state index is 13.4. The molecule has 3 aromatic rings. The van der Waals surface area contributed by atoms with Crippen LogP contribution in [0.15, 0.2) is 35.3 Å². The molecule has 4 N–H and O–H groups in total. The Balaban J connectivity index is 1.49. The van der Waals surface area contributed by atoms with Gasteiger partial charge in [0.25, 0.3) is 0 Å². The van der Waals surface area contributed by atoms with Crippen molar-refractivity contribution < 1.29 is 22.5 Å². The Morgan fingerprint density at radius 3 is 2.94 bits per heavy atom. The van der Waals surface area contributed by atoms with Crippen LogP contribution in [0.1, 0.15) is 44.2 Å². The minimum atomic E-state index is -4.10. The molecule has 3 atom stereocenters. The van der Waals surface area contributed by atoms with Gasteiger partial charge in [0, 0.05) is 40.2 Å². The molecule has 0 aromatic carbocycles. The number of aliphatic hydroxyl groups is 1. The second kappa shape index (κ2) is 10.8. The number of carbonyl (C=O) groups excluding carboxylic acids is 1. The molecule has 0 unspecified atom stereocenters. The lowest BCUT2D eigenvalue weighted by atomic mass is 10.1. The molecule has 0 spiro atoms. The quantitative estimate of drug-likeness (QED) is 0.314. The minimum absolute atomic E-state index is 0.226. The van der Waals surface area contributed by atoms with Gasteiger partial charge in [-0.1, -0.05) is 0 Å². The Hall–Kier alpha value is -2.67. The van der Waals surface area contributed by atoms with Crippen LogP contribution in [0.2, 0.25) is 0 Å². The van der Waals surface area contributed by atoms with E-state index in [1.54, 1.807) is 6.07 Å². The zero-order chi connectivity index (χ0) is 26.0. The third-order valence-electron chi connectivity index (χ3n) is 5.96. The molecule has 3 heterocycles. The number of rotatable bonds is 9. The molecule has 11 nitrogen and oxygen atoms in total. The Kier molecular flexibility index (Phi) is 7.88. The number of nitriles is 1. The molecule has 1 aliphatic rings. The van der Waals surface area contributed by atoms with Gasteiger partial charge in [0.2, 0.25) is 5.78 Å². The van der Waals surface area contributed by atoms with Crippen LogP contribution in [0, 0.1) is 24.2 Å². The van der Waals surface area contributed by atoms with E-state index in [1.165, 1.54) is 23.9 Å². The van der Waals surface area contributed by atoms with Crippen molar-refractivity contribution in [1.82, 2.24) is 14.5 Å². The lowest BCUT2D eigenvalue weighted by Crippen LogP contribution is -2.24. The number of nitrogens with two attached hydrogens (primary N) is 1. The number of nitrogens with one attached hydrogen (secondary N) is 1. The lowest BCUT2D eigenvalue weighted by Gasteiger charge is -2.15. The van der Waals surface area contributed by atoms with Crippen LogP contribution < -0.4 is 10.5 Å². The molecular formula is C22H23BrN6O5S2. The van der Waals surface area contributed by atoms with Gasteiger partial charge in [0.05, 0.1) is 23.2 Å². The van der Waals surface area contributed by atoms with Gasteiger partial charge < -0.3 is 15.0 Å². The highest BCUT2D eigenvalue weighted by Gasteiger charge is 2.35. The number of ketones is 1. The number of halogens is 1. The second-order valence-corrected chi connectivity index (χ2v) is 11.9. The largest absolute Gasteiger partial charge is 0.393 e. The van der Waals surface area contributed by atoms with Crippen molar-refractivity contribution in [2.45, 2.75) is 38.5 Å². The topological polar surface area (TPSA) is 173 Å². The van der Waals surface area contributed by atoms with Gasteiger partial charge in [-0.05, 0) is 53.4 Å². The normalized spacial score (nSPS) is 19.8. The molecule has 1 fully saturated rings. The van der Waals surface area contributed by atoms with Crippen molar-refractivity contribution in [3.05, 3.63) is 61.9 Å². The van der Waals surface area contributed by atoms with E-state index in [0.29, 0.717) is 35.8 Å². The molecule has 4 rings (SSSR count). The Morgan fingerprint density at radius 1 is 1.44 bits per heavy atom. The van der Waals surface area contributed by atoms with Gasteiger partial charge in [-0.3, -0.25) is 8.98 Å². The minimum Gasteiger partial charge on any atom is -0.393 e. The summed E-state index contributed by atoms with van der Waals surface area (Å²) in [5.74, 6) is -0.357. The smallest absolute Gasteiger partial charge is 0.333 e. The molecule has 1 aliphatic carbocycles. The van der Waals surface area contributed by atoms with Crippen LogP contribution in [0.4, 0.5) is 5.82 Å². The molecule has 0 bridgehead atoms. The Labute approximate surface area is 220 Å². The standard InChI is InChI=1S/C22H23BrN6O5S2/c1-12-13(8-29-9-15(23)4-17(29)6-24)3-20(35-12)21(31)18-7-26-11-27-22(18)28-16-2-14(19(30)5-16)10-34-36(25,32)33/h3-4,7,9,11,14,16,19,30H,2,5,8,10H2,1H3,(H2,25,32,33)(H,26,27,28)/t14-,16-,19+/m1/s1. The van der Waals surface area contributed by atoms with Crippen molar-refractivity contribution in [2.24, 2.45) is 11.1 Å². The predicted octanol–water partition coefficient (Wildman–Crippen LogP) is 2.33. The van der Waals surface area contributed by atoms with E-state index in [1.807, 2.05) is 23.8 Å². The summed E-state index contributed by atoms with van der Waals surface area (Å²) < 4.78 is 29.4. The first-order valence-corrected chi connectivity index (χ1v) is 13.9. The SMILES string of the molecule is Cc1sc(C(=O)c2cncnc2N[C@@H]2C[C@H](COS(N)(=O)=O)[C@@H](O)C2)cc1Cn1cc(Br)cc1C#N. The molecule has 0 radical (unpaired) electrons. The fourth-order valence-corrected chi connectivity index (χ4v) is 6.00. The van der Waals surface area contributed by atoms with Crippen molar-refractivity contribution in [1.29, 1.82) is 5.26 Å². The number of nitrogens with zero attached hydrogens (tertiary/aromatic N) is 4. The monoisotopic (exact) mass is 594 g/mol. The third-order valence-corrected chi connectivity index (χ3v) is 7.95. The van der Waals surface area contributed by atoms with Gasteiger partial charge in [-0.25, -0.2) is 15.1 Å². The maximum absolute atomic E-state index is 13.4. The zero-order valence-electron chi connectivity index (χ0n) is 19.1. The third kappa shape index (κ3) is 6.17.